The summed E-state index contributed by atoms with van der Waals surface area (Å²) in [5, 5.41) is 7.50. The monoisotopic (exact) mass is 831 g/mol. The summed E-state index contributed by atoms with van der Waals surface area (Å²) in [5.74, 6) is 0. The Hall–Kier alpha value is -8.04. The van der Waals surface area contributed by atoms with E-state index in [9.17, 15) is 0 Å². The minimum Gasteiger partial charge on any atom is -0.309 e. The zero-order valence-corrected chi connectivity index (χ0v) is 35.8. The largest absolute Gasteiger partial charge is 0.309 e. The van der Waals surface area contributed by atoms with E-state index in [4.69, 9.17) is 0 Å². The lowest BCUT2D eigenvalue weighted by Gasteiger charge is -2.31. The van der Waals surface area contributed by atoms with Crippen molar-refractivity contribution < 1.29 is 0 Å². The molecule has 11 aromatic carbocycles. The molecule has 2 heteroatoms. The van der Waals surface area contributed by atoms with Gasteiger partial charge in [-0.2, -0.15) is 0 Å². The molecule has 0 fully saturated rings. The van der Waals surface area contributed by atoms with E-state index in [1.165, 1.54) is 86.2 Å². The molecule has 0 saturated heterocycles. The van der Waals surface area contributed by atoms with Crippen LogP contribution in [0.25, 0.3) is 97.4 Å². The minimum absolute atomic E-state index is 1.09. The molecule has 0 spiro atoms. The molecule has 0 saturated carbocycles. The van der Waals surface area contributed by atoms with Gasteiger partial charge in [0.15, 0.2) is 0 Å². The summed E-state index contributed by atoms with van der Waals surface area (Å²) >= 11 is 1.88. The molecule has 1 heterocycles. The molecule has 64 heavy (non-hydrogen) atoms. The first-order valence-corrected chi connectivity index (χ1v) is 22.7. The third-order valence-electron chi connectivity index (χ3n) is 12.7. The topological polar surface area (TPSA) is 3.24 Å². The average Bonchev–Trinajstić information content (AvgIpc) is 3.76. The standard InChI is InChI=1S/C62H41NS/c1-3-19-42(20-4-1)48-32-14-23-44-25-16-35-54(60(44)48)51-29-7-10-38-57(51)63(47-28-13-27-46(41-47)50-34-18-37-56-53-31-9-12-40-59(53)64-62(50)56)58-39-11-8-30-52(58)55-36-17-26-45-24-15-33-49(61(45)55)43-21-5-2-6-22-43/h1-41H. The Morgan fingerprint density at radius 1 is 0.281 bits per heavy atom. The van der Waals surface area contributed by atoms with E-state index >= 15 is 0 Å². The van der Waals surface area contributed by atoms with Crippen LogP contribution in [0.4, 0.5) is 17.1 Å². The predicted octanol–water partition coefficient (Wildman–Crippen LogP) is 18.2. The van der Waals surface area contributed by atoms with Crippen molar-refractivity contribution in [2.24, 2.45) is 0 Å². The molecule has 1 aromatic heterocycles. The lowest BCUT2D eigenvalue weighted by atomic mass is 9.89. The van der Waals surface area contributed by atoms with Gasteiger partial charge in [-0.3, -0.25) is 0 Å². The van der Waals surface area contributed by atoms with Gasteiger partial charge in [-0.15, -0.1) is 11.3 Å². The third-order valence-corrected chi connectivity index (χ3v) is 13.9. The van der Waals surface area contributed by atoms with Crippen molar-refractivity contribution >= 4 is 70.1 Å². The molecule has 0 N–H and O–H groups in total. The molecule has 300 valence electrons. The number of thiophene rings is 1. The van der Waals surface area contributed by atoms with Crippen molar-refractivity contribution in [3.63, 3.8) is 0 Å². The second-order valence-corrected chi connectivity index (χ2v) is 17.4. The average molecular weight is 832 g/mol. The first-order chi connectivity index (χ1) is 31.8. The Balaban J connectivity index is 1.13. The summed E-state index contributed by atoms with van der Waals surface area (Å²) in [6.45, 7) is 0. The fourth-order valence-electron chi connectivity index (χ4n) is 9.84. The number of nitrogens with zero attached hydrogens (tertiary/aromatic N) is 1. The van der Waals surface area contributed by atoms with E-state index in [1.54, 1.807) is 0 Å². The summed E-state index contributed by atoms with van der Waals surface area (Å²) in [4.78, 5) is 2.51. The second-order valence-electron chi connectivity index (χ2n) is 16.4. The van der Waals surface area contributed by atoms with Crippen LogP contribution < -0.4 is 4.90 Å². The summed E-state index contributed by atoms with van der Waals surface area (Å²) in [6.07, 6.45) is 0. The fourth-order valence-corrected chi connectivity index (χ4v) is 11.1. The number of hydrogen-bond donors (Lipinski definition) is 0. The van der Waals surface area contributed by atoms with E-state index < -0.39 is 0 Å². The van der Waals surface area contributed by atoms with Gasteiger partial charge in [-0.05, 0) is 96.4 Å². The van der Waals surface area contributed by atoms with Crippen molar-refractivity contribution in [1.82, 2.24) is 0 Å². The maximum absolute atomic E-state index is 2.51. The third kappa shape index (κ3) is 6.47. The molecule has 12 aromatic rings. The number of fused-ring (bicyclic) bond motifs is 5. The lowest BCUT2D eigenvalue weighted by Crippen LogP contribution is -2.12. The molecular formula is C62H41NS. The molecule has 0 radical (unpaired) electrons. The Labute approximate surface area is 377 Å². The first kappa shape index (κ1) is 37.7. The molecule has 12 rings (SSSR count). The van der Waals surface area contributed by atoms with Crippen LogP contribution in [0.1, 0.15) is 0 Å². The summed E-state index contributed by atoms with van der Waals surface area (Å²) in [5.41, 5.74) is 15.3. The Morgan fingerprint density at radius 2 is 0.703 bits per heavy atom. The smallest absolute Gasteiger partial charge is 0.0540 e. The van der Waals surface area contributed by atoms with E-state index in [0.29, 0.717) is 0 Å². The van der Waals surface area contributed by atoms with Gasteiger partial charge in [0.25, 0.3) is 0 Å². The first-order valence-electron chi connectivity index (χ1n) is 21.9. The van der Waals surface area contributed by atoms with Gasteiger partial charge in [0.2, 0.25) is 0 Å². The second kappa shape index (κ2) is 16.0. The molecule has 0 aliphatic heterocycles. The van der Waals surface area contributed by atoms with Crippen LogP contribution in [-0.4, -0.2) is 0 Å². The fraction of sp³-hybridized carbons (Fsp3) is 0. The van der Waals surface area contributed by atoms with Gasteiger partial charge < -0.3 is 4.90 Å². The summed E-state index contributed by atoms with van der Waals surface area (Å²) < 4.78 is 2.61. The normalized spacial score (nSPS) is 11.4. The van der Waals surface area contributed by atoms with E-state index in [1.807, 2.05) is 11.3 Å². The molecule has 0 aliphatic carbocycles. The molecule has 1 nitrogen and oxygen atoms in total. The maximum Gasteiger partial charge on any atom is 0.0540 e. The zero-order chi connectivity index (χ0) is 42.4. The molecule has 0 bridgehead atoms. The van der Waals surface area contributed by atoms with Crippen LogP contribution in [0.5, 0.6) is 0 Å². The SMILES string of the molecule is c1ccc(-c2cccc3cccc(-c4ccccc4N(c4cccc(-c5cccc6c5sc5ccccc56)c4)c4ccccc4-c4cccc5cccc(-c6ccccc6)c45)c23)cc1. The lowest BCUT2D eigenvalue weighted by molar-refractivity contribution is 1.29. The maximum atomic E-state index is 2.51. The summed E-state index contributed by atoms with van der Waals surface area (Å²) in [6, 6.07) is 91.1. The van der Waals surface area contributed by atoms with Crippen LogP contribution in [0, 0.1) is 0 Å². The van der Waals surface area contributed by atoms with Crippen LogP contribution in [-0.2, 0) is 0 Å². The summed E-state index contributed by atoms with van der Waals surface area (Å²) in [7, 11) is 0. The highest BCUT2D eigenvalue weighted by Gasteiger charge is 2.24. The van der Waals surface area contributed by atoms with Crippen molar-refractivity contribution in [2.45, 2.75) is 0 Å². The molecular weight excluding hydrogens is 791 g/mol. The van der Waals surface area contributed by atoms with E-state index in [-0.39, 0.29) is 0 Å². The highest BCUT2D eigenvalue weighted by Crippen LogP contribution is 2.50. The van der Waals surface area contributed by atoms with Gasteiger partial charge in [0.1, 0.15) is 0 Å². The zero-order valence-electron chi connectivity index (χ0n) is 35.0. The van der Waals surface area contributed by atoms with Crippen molar-refractivity contribution in [1.29, 1.82) is 0 Å². The number of para-hydroxylation sites is 2. The highest BCUT2D eigenvalue weighted by atomic mass is 32.1. The molecule has 0 amide bonds. The minimum atomic E-state index is 1.09. The van der Waals surface area contributed by atoms with Gasteiger partial charge in [0, 0.05) is 37.0 Å². The number of rotatable bonds is 8. The Bertz CT molecular complexity index is 3500. The Kier molecular flexibility index (Phi) is 9.43. The quantitative estimate of drug-likeness (QED) is 0.147. The van der Waals surface area contributed by atoms with Crippen molar-refractivity contribution in [2.75, 3.05) is 4.90 Å². The van der Waals surface area contributed by atoms with E-state index in [2.05, 4.69) is 254 Å². The number of anilines is 3. The number of hydrogen-bond acceptors (Lipinski definition) is 2. The van der Waals surface area contributed by atoms with E-state index in [0.717, 1.165) is 28.2 Å². The van der Waals surface area contributed by atoms with Crippen molar-refractivity contribution in [3.8, 4) is 55.6 Å². The Morgan fingerprint density at radius 3 is 1.30 bits per heavy atom. The van der Waals surface area contributed by atoms with Crippen molar-refractivity contribution in [3.05, 3.63) is 249 Å². The molecule has 0 unspecified atom stereocenters. The van der Waals surface area contributed by atoms with Gasteiger partial charge in [-0.1, -0.05) is 218 Å². The predicted molar refractivity (Wildman–Crippen MR) is 276 cm³/mol. The van der Waals surface area contributed by atoms with Gasteiger partial charge >= 0.3 is 0 Å². The van der Waals surface area contributed by atoms with Crippen LogP contribution in [0.15, 0.2) is 249 Å². The molecule has 0 atom stereocenters. The van der Waals surface area contributed by atoms with Crippen LogP contribution >= 0.6 is 11.3 Å². The highest BCUT2D eigenvalue weighted by molar-refractivity contribution is 7.26. The number of benzene rings is 11. The van der Waals surface area contributed by atoms with Gasteiger partial charge in [0.05, 0.1) is 11.4 Å². The van der Waals surface area contributed by atoms with Crippen LogP contribution in [0.3, 0.4) is 0 Å². The molecule has 0 aliphatic rings. The van der Waals surface area contributed by atoms with Gasteiger partial charge in [-0.25, -0.2) is 0 Å². The van der Waals surface area contributed by atoms with Crippen LogP contribution in [0.2, 0.25) is 0 Å².